The summed E-state index contributed by atoms with van der Waals surface area (Å²) in [5.74, 6) is 0.825. The standard InChI is InChI=1S/C23H29N3O3/c1-2-16-29-21-10-8-20(9-11-21)23(28)26-14-12-25(13-15-26)18-22(27)24-17-19-6-4-3-5-7-19/h3-11H,2,12-18H2,1H3,(H,24,27). The van der Waals surface area contributed by atoms with E-state index in [9.17, 15) is 9.59 Å². The summed E-state index contributed by atoms with van der Waals surface area (Å²) < 4.78 is 5.57. The molecule has 1 N–H and O–H groups in total. The molecule has 1 aliphatic rings. The van der Waals surface area contributed by atoms with E-state index >= 15 is 0 Å². The smallest absolute Gasteiger partial charge is 0.253 e. The zero-order valence-electron chi connectivity index (χ0n) is 17.0. The Labute approximate surface area is 172 Å². The summed E-state index contributed by atoms with van der Waals surface area (Å²) in [6.45, 7) is 6.27. The molecule has 1 aliphatic heterocycles. The highest BCUT2D eigenvalue weighted by Gasteiger charge is 2.23. The third-order valence-corrected chi connectivity index (χ3v) is 4.93. The van der Waals surface area contributed by atoms with Gasteiger partial charge in [-0.2, -0.15) is 0 Å². The van der Waals surface area contributed by atoms with Crippen LogP contribution in [0.4, 0.5) is 0 Å². The van der Waals surface area contributed by atoms with Crippen LogP contribution in [0, 0.1) is 0 Å². The molecule has 6 nitrogen and oxygen atoms in total. The molecule has 154 valence electrons. The number of carbonyl (C=O) groups is 2. The van der Waals surface area contributed by atoms with E-state index in [2.05, 4.69) is 17.1 Å². The monoisotopic (exact) mass is 395 g/mol. The number of nitrogens with zero attached hydrogens (tertiary/aromatic N) is 2. The van der Waals surface area contributed by atoms with Crippen molar-refractivity contribution in [3.05, 3.63) is 65.7 Å². The first kappa shape index (κ1) is 20.9. The van der Waals surface area contributed by atoms with Gasteiger partial charge in [-0.25, -0.2) is 0 Å². The van der Waals surface area contributed by atoms with E-state index in [1.54, 1.807) is 0 Å². The summed E-state index contributed by atoms with van der Waals surface area (Å²) in [6, 6.07) is 17.2. The molecule has 3 rings (SSSR count). The molecule has 2 aromatic rings. The van der Waals surface area contributed by atoms with Crippen LogP contribution < -0.4 is 10.1 Å². The summed E-state index contributed by atoms with van der Waals surface area (Å²) in [5, 5.41) is 2.95. The minimum Gasteiger partial charge on any atom is -0.494 e. The molecule has 1 heterocycles. The molecule has 2 aromatic carbocycles. The van der Waals surface area contributed by atoms with Crippen LogP contribution in [-0.2, 0) is 11.3 Å². The first-order chi connectivity index (χ1) is 14.2. The van der Waals surface area contributed by atoms with Gasteiger partial charge >= 0.3 is 0 Å². The molecule has 0 unspecified atom stereocenters. The van der Waals surface area contributed by atoms with Gasteiger partial charge in [0, 0.05) is 38.3 Å². The third-order valence-electron chi connectivity index (χ3n) is 4.93. The van der Waals surface area contributed by atoms with Gasteiger partial charge in [0.05, 0.1) is 13.2 Å². The Bertz CT molecular complexity index is 785. The maximum atomic E-state index is 12.7. The van der Waals surface area contributed by atoms with Crippen LogP contribution in [0.5, 0.6) is 5.75 Å². The fourth-order valence-corrected chi connectivity index (χ4v) is 3.26. The maximum absolute atomic E-state index is 12.7. The van der Waals surface area contributed by atoms with E-state index in [4.69, 9.17) is 4.74 Å². The molecule has 1 fully saturated rings. The molecule has 0 atom stereocenters. The normalized spacial score (nSPS) is 14.4. The van der Waals surface area contributed by atoms with E-state index in [-0.39, 0.29) is 11.8 Å². The summed E-state index contributed by atoms with van der Waals surface area (Å²) in [4.78, 5) is 28.8. The average molecular weight is 396 g/mol. The van der Waals surface area contributed by atoms with Crippen LogP contribution in [0.3, 0.4) is 0 Å². The number of nitrogens with one attached hydrogen (secondary N) is 1. The van der Waals surface area contributed by atoms with Crippen LogP contribution in [0.1, 0.15) is 29.3 Å². The quantitative estimate of drug-likeness (QED) is 0.746. The summed E-state index contributed by atoms with van der Waals surface area (Å²) >= 11 is 0. The van der Waals surface area contributed by atoms with Gasteiger partial charge in [-0.05, 0) is 36.2 Å². The SMILES string of the molecule is CCCOc1ccc(C(=O)N2CCN(CC(=O)NCc3ccccc3)CC2)cc1. The van der Waals surface area contributed by atoms with Crippen molar-refractivity contribution in [3.63, 3.8) is 0 Å². The van der Waals surface area contributed by atoms with Crippen molar-refractivity contribution >= 4 is 11.8 Å². The molecule has 0 aliphatic carbocycles. The topological polar surface area (TPSA) is 61.9 Å². The molecule has 0 radical (unpaired) electrons. The predicted molar refractivity (Wildman–Crippen MR) is 113 cm³/mol. The lowest BCUT2D eigenvalue weighted by Gasteiger charge is -2.34. The van der Waals surface area contributed by atoms with Crippen molar-refractivity contribution in [2.75, 3.05) is 39.3 Å². The largest absolute Gasteiger partial charge is 0.494 e. The zero-order chi connectivity index (χ0) is 20.5. The number of hydrogen-bond acceptors (Lipinski definition) is 4. The average Bonchev–Trinajstić information content (AvgIpc) is 2.77. The van der Waals surface area contributed by atoms with Gasteiger partial charge in [0.25, 0.3) is 5.91 Å². The van der Waals surface area contributed by atoms with E-state index in [1.807, 2.05) is 59.5 Å². The molecular weight excluding hydrogens is 366 g/mol. The summed E-state index contributed by atoms with van der Waals surface area (Å²) in [6.07, 6.45) is 0.954. The Morgan fingerprint density at radius 2 is 1.66 bits per heavy atom. The lowest BCUT2D eigenvalue weighted by molar-refractivity contribution is -0.122. The first-order valence-corrected chi connectivity index (χ1v) is 10.2. The van der Waals surface area contributed by atoms with Crippen LogP contribution >= 0.6 is 0 Å². The molecule has 0 saturated carbocycles. The van der Waals surface area contributed by atoms with Crippen molar-refractivity contribution in [1.82, 2.24) is 15.1 Å². The molecule has 0 bridgehead atoms. The van der Waals surface area contributed by atoms with Gasteiger partial charge < -0.3 is 15.0 Å². The van der Waals surface area contributed by atoms with Crippen LogP contribution in [0.15, 0.2) is 54.6 Å². The van der Waals surface area contributed by atoms with Crippen LogP contribution in [-0.4, -0.2) is 60.9 Å². The Morgan fingerprint density at radius 3 is 2.31 bits per heavy atom. The fourth-order valence-electron chi connectivity index (χ4n) is 3.26. The van der Waals surface area contributed by atoms with Crippen molar-refractivity contribution in [3.8, 4) is 5.75 Å². The number of rotatable bonds is 8. The second-order valence-electron chi connectivity index (χ2n) is 7.20. The predicted octanol–water partition coefficient (Wildman–Crippen LogP) is 2.55. The second kappa shape index (κ2) is 10.6. The second-order valence-corrected chi connectivity index (χ2v) is 7.20. The van der Waals surface area contributed by atoms with Gasteiger partial charge in [-0.1, -0.05) is 37.3 Å². The molecule has 1 saturated heterocycles. The molecule has 6 heteroatoms. The number of ether oxygens (including phenoxy) is 1. The lowest BCUT2D eigenvalue weighted by atomic mass is 10.1. The minimum atomic E-state index is 0.0105. The highest BCUT2D eigenvalue weighted by molar-refractivity contribution is 5.94. The number of amides is 2. The highest BCUT2D eigenvalue weighted by Crippen LogP contribution is 2.15. The van der Waals surface area contributed by atoms with Crippen molar-refractivity contribution in [2.24, 2.45) is 0 Å². The van der Waals surface area contributed by atoms with Gasteiger partial charge in [0.15, 0.2) is 0 Å². The number of piperazine rings is 1. The van der Waals surface area contributed by atoms with Gasteiger partial charge in [0.1, 0.15) is 5.75 Å². The highest BCUT2D eigenvalue weighted by atomic mass is 16.5. The first-order valence-electron chi connectivity index (χ1n) is 10.2. The van der Waals surface area contributed by atoms with E-state index in [1.165, 1.54) is 0 Å². The molecule has 0 spiro atoms. The van der Waals surface area contributed by atoms with Gasteiger partial charge in [-0.3, -0.25) is 14.5 Å². The van der Waals surface area contributed by atoms with Crippen molar-refractivity contribution in [1.29, 1.82) is 0 Å². The van der Waals surface area contributed by atoms with Crippen molar-refractivity contribution in [2.45, 2.75) is 19.9 Å². The Balaban J connectivity index is 1.41. The maximum Gasteiger partial charge on any atom is 0.253 e. The molecule has 0 aromatic heterocycles. The Hall–Kier alpha value is -2.86. The molecule has 29 heavy (non-hydrogen) atoms. The minimum absolute atomic E-state index is 0.0105. The number of carbonyl (C=O) groups excluding carboxylic acids is 2. The fraction of sp³-hybridized carbons (Fsp3) is 0.391. The van der Waals surface area contributed by atoms with E-state index in [0.29, 0.717) is 51.4 Å². The zero-order valence-corrected chi connectivity index (χ0v) is 17.0. The van der Waals surface area contributed by atoms with Crippen molar-refractivity contribution < 1.29 is 14.3 Å². The summed E-state index contributed by atoms with van der Waals surface area (Å²) in [5.41, 5.74) is 1.75. The van der Waals surface area contributed by atoms with Crippen LogP contribution in [0.2, 0.25) is 0 Å². The Morgan fingerprint density at radius 1 is 0.966 bits per heavy atom. The van der Waals surface area contributed by atoms with E-state index in [0.717, 1.165) is 17.7 Å². The van der Waals surface area contributed by atoms with E-state index < -0.39 is 0 Å². The molecular formula is C23H29N3O3. The lowest BCUT2D eigenvalue weighted by Crippen LogP contribution is -2.51. The Kier molecular flexibility index (Phi) is 7.64. The number of benzene rings is 2. The van der Waals surface area contributed by atoms with Gasteiger partial charge in [-0.15, -0.1) is 0 Å². The van der Waals surface area contributed by atoms with Gasteiger partial charge in [0.2, 0.25) is 5.91 Å². The third kappa shape index (κ3) is 6.32. The number of hydrogen-bond donors (Lipinski definition) is 1. The summed E-state index contributed by atoms with van der Waals surface area (Å²) in [7, 11) is 0. The molecule has 2 amide bonds. The van der Waals surface area contributed by atoms with Crippen LogP contribution in [0.25, 0.3) is 0 Å².